The summed E-state index contributed by atoms with van der Waals surface area (Å²) < 4.78 is 4.18. The van der Waals surface area contributed by atoms with E-state index in [9.17, 15) is 0 Å². The molecule has 0 unspecified atom stereocenters. The number of allylic oxidation sites excluding steroid dienone is 3. The molecule has 1 aromatic carbocycles. The van der Waals surface area contributed by atoms with Gasteiger partial charge < -0.3 is 0 Å². The van der Waals surface area contributed by atoms with Crippen LogP contribution in [0.15, 0.2) is 30.4 Å². The van der Waals surface area contributed by atoms with Crippen molar-refractivity contribution in [2.75, 3.05) is 0 Å². The van der Waals surface area contributed by atoms with E-state index in [0.717, 1.165) is 22.8 Å². The summed E-state index contributed by atoms with van der Waals surface area (Å²) in [5.41, 5.74) is 7.05. The number of hydrogen-bond donors (Lipinski definition) is 0. The molecule has 3 nitrogen and oxygen atoms in total. The van der Waals surface area contributed by atoms with Crippen LogP contribution < -0.4 is 4.57 Å². The second-order valence-electron chi connectivity index (χ2n) is 6.07. The predicted molar refractivity (Wildman–Crippen MR) is 92.2 cm³/mol. The first-order valence-corrected chi connectivity index (χ1v) is 7.64. The summed E-state index contributed by atoms with van der Waals surface area (Å²) in [4.78, 5) is 0. The lowest BCUT2D eigenvalue weighted by Crippen LogP contribution is -2.34. The quantitative estimate of drug-likeness (QED) is 0.621. The summed E-state index contributed by atoms with van der Waals surface area (Å²) in [5, 5.41) is 4.87. The maximum Gasteiger partial charge on any atom is 0.309 e. The minimum atomic E-state index is 0.951. The molecule has 2 rings (SSSR count). The van der Waals surface area contributed by atoms with E-state index >= 15 is 0 Å². The monoisotopic (exact) mass is 296 g/mol. The zero-order chi connectivity index (χ0) is 16.6. The van der Waals surface area contributed by atoms with Gasteiger partial charge in [0.25, 0.3) is 0 Å². The summed E-state index contributed by atoms with van der Waals surface area (Å²) >= 11 is 0. The van der Waals surface area contributed by atoms with Crippen LogP contribution in [0.25, 0.3) is 11.3 Å². The SMILES string of the molecule is C=C(C)/C(=C\C)c1nn(-c2c(C)cc(C)cc2C)c(C)[n+]1C. The molecule has 1 heterocycles. The van der Waals surface area contributed by atoms with Crippen molar-refractivity contribution in [1.82, 2.24) is 9.78 Å². The van der Waals surface area contributed by atoms with Gasteiger partial charge in [-0.1, -0.05) is 35.0 Å². The van der Waals surface area contributed by atoms with E-state index in [1.165, 1.54) is 22.4 Å². The van der Waals surface area contributed by atoms with Crippen LogP contribution in [-0.4, -0.2) is 9.78 Å². The predicted octanol–water partition coefficient (Wildman–Crippen LogP) is 3.91. The van der Waals surface area contributed by atoms with Gasteiger partial charge in [0.1, 0.15) is 5.69 Å². The molecule has 0 fully saturated rings. The molecule has 0 amide bonds. The standard InChI is InChI=1S/C19H26N3/c1-9-17(12(2)3)19-20-22(16(7)21(19)8)18-14(5)10-13(4)11-15(18)6/h9-11H,2H2,1,3-8H3/q+1/b17-9+. The molecular weight excluding hydrogens is 270 g/mol. The van der Waals surface area contributed by atoms with E-state index in [0.29, 0.717) is 0 Å². The Labute approximate surface area is 133 Å². The van der Waals surface area contributed by atoms with Crippen molar-refractivity contribution < 1.29 is 4.57 Å². The van der Waals surface area contributed by atoms with E-state index < -0.39 is 0 Å². The topological polar surface area (TPSA) is 21.7 Å². The van der Waals surface area contributed by atoms with Gasteiger partial charge >= 0.3 is 5.82 Å². The van der Waals surface area contributed by atoms with Crippen LogP contribution in [0.2, 0.25) is 0 Å². The number of aromatic nitrogens is 3. The van der Waals surface area contributed by atoms with Crippen LogP contribution in [-0.2, 0) is 7.05 Å². The van der Waals surface area contributed by atoms with Crippen LogP contribution in [0.1, 0.15) is 42.2 Å². The second kappa shape index (κ2) is 5.91. The van der Waals surface area contributed by atoms with Gasteiger partial charge in [-0.25, -0.2) is 4.57 Å². The Morgan fingerprint density at radius 2 is 1.73 bits per heavy atom. The van der Waals surface area contributed by atoms with Crippen molar-refractivity contribution in [1.29, 1.82) is 0 Å². The van der Waals surface area contributed by atoms with Gasteiger partial charge in [-0.3, -0.25) is 0 Å². The molecule has 3 heteroatoms. The number of rotatable bonds is 3. The Bertz CT molecular complexity index is 753. The van der Waals surface area contributed by atoms with Crippen LogP contribution in [0.5, 0.6) is 0 Å². The molecule has 0 aliphatic carbocycles. The molecule has 0 bridgehead atoms. The number of benzene rings is 1. The Hall–Kier alpha value is -2.16. The fourth-order valence-corrected chi connectivity index (χ4v) is 3.05. The number of aryl methyl sites for hydroxylation is 3. The van der Waals surface area contributed by atoms with Gasteiger partial charge in [-0.2, -0.15) is 0 Å². The van der Waals surface area contributed by atoms with Crippen LogP contribution in [0.4, 0.5) is 0 Å². The molecule has 0 spiro atoms. The Balaban J connectivity index is 2.73. The molecule has 0 aliphatic rings. The van der Waals surface area contributed by atoms with Crippen LogP contribution in [0, 0.1) is 27.7 Å². The largest absolute Gasteiger partial charge is 0.309 e. The highest BCUT2D eigenvalue weighted by Gasteiger charge is 2.26. The lowest BCUT2D eigenvalue weighted by atomic mass is 10.1. The molecule has 1 aromatic heterocycles. The van der Waals surface area contributed by atoms with Crippen molar-refractivity contribution in [3.8, 4) is 5.69 Å². The summed E-state index contributed by atoms with van der Waals surface area (Å²) in [5.74, 6) is 2.05. The fraction of sp³-hybridized carbons (Fsp3) is 0.368. The van der Waals surface area contributed by atoms with Gasteiger partial charge in [0.2, 0.25) is 5.82 Å². The number of nitrogens with zero attached hydrogens (tertiary/aromatic N) is 3. The van der Waals surface area contributed by atoms with Crippen LogP contribution >= 0.6 is 0 Å². The summed E-state index contributed by atoms with van der Waals surface area (Å²) in [6.07, 6.45) is 2.07. The molecule has 2 aromatic rings. The molecule has 22 heavy (non-hydrogen) atoms. The van der Waals surface area contributed by atoms with Gasteiger partial charge in [-0.05, 0) is 51.3 Å². The van der Waals surface area contributed by atoms with Crippen molar-refractivity contribution >= 4 is 5.57 Å². The van der Waals surface area contributed by atoms with Gasteiger partial charge in [0.05, 0.1) is 17.7 Å². The summed E-state index contributed by atoms with van der Waals surface area (Å²) in [6.45, 7) is 16.6. The van der Waals surface area contributed by atoms with Gasteiger partial charge in [0, 0.05) is 6.92 Å². The van der Waals surface area contributed by atoms with E-state index in [1.807, 2.05) is 18.5 Å². The first kappa shape index (κ1) is 16.2. The average molecular weight is 296 g/mol. The molecule has 0 N–H and O–H groups in total. The molecule has 116 valence electrons. The summed E-state index contributed by atoms with van der Waals surface area (Å²) in [7, 11) is 2.06. The first-order chi connectivity index (χ1) is 10.3. The van der Waals surface area contributed by atoms with E-state index in [-0.39, 0.29) is 0 Å². The maximum absolute atomic E-state index is 4.87. The smallest absolute Gasteiger partial charge is 0.230 e. The minimum Gasteiger partial charge on any atom is -0.230 e. The van der Waals surface area contributed by atoms with E-state index in [1.54, 1.807) is 0 Å². The van der Waals surface area contributed by atoms with Gasteiger partial charge in [-0.15, -0.1) is 0 Å². The molecular formula is C19H26N3+. The minimum absolute atomic E-state index is 0.951. The van der Waals surface area contributed by atoms with Crippen molar-refractivity contribution in [3.63, 3.8) is 0 Å². The van der Waals surface area contributed by atoms with E-state index in [2.05, 4.69) is 64.1 Å². The van der Waals surface area contributed by atoms with Gasteiger partial charge in [0.15, 0.2) is 0 Å². The van der Waals surface area contributed by atoms with E-state index in [4.69, 9.17) is 5.10 Å². The Kier molecular flexibility index (Phi) is 4.36. The molecule has 0 radical (unpaired) electrons. The maximum atomic E-state index is 4.87. The normalized spacial score (nSPS) is 11.9. The lowest BCUT2D eigenvalue weighted by Gasteiger charge is -2.06. The second-order valence-corrected chi connectivity index (χ2v) is 6.07. The zero-order valence-corrected chi connectivity index (χ0v) is 14.8. The molecule has 0 atom stereocenters. The van der Waals surface area contributed by atoms with Crippen molar-refractivity contribution in [2.45, 2.75) is 41.5 Å². The third kappa shape index (κ3) is 2.63. The molecule has 0 saturated carbocycles. The zero-order valence-electron chi connectivity index (χ0n) is 14.8. The Morgan fingerprint density at radius 3 is 2.18 bits per heavy atom. The molecule has 0 aliphatic heterocycles. The number of hydrogen-bond acceptors (Lipinski definition) is 1. The highest BCUT2D eigenvalue weighted by molar-refractivity contribution is 5.72. The third-order valence-corrected chi connectivity index (χ3v) is 4.14. The van der Waals surface area contributed by atoms with Crippen molar-refractivity contribution in [3.05, 3.63) is 58.7 Å². The summed E-state index contributed by atoms with van der Waals surface area (Å²) in [6, 6.07) is 4.41. The lowest BCUT2D eigenvalue weighted by molar-refractivity contribution is -0.680. The molecule has 0 saturated heterocycles. The Morgan fingerprint density at radius 1 is 1.18 bits per heavy atom. The fourth-order valence-electron chi connectivity index (χ4n) is 3.05. The van der Waals surface area contributed by atoms with Crippen molar-refractivity contribution in [2.24, 2.45) is 7.05 Å². The average Bonchev–Trinajstić information content (AvgIpc) is 2.67. The highest BCUT2D eigenvalue weighted by atomic mass is 15.4. The third-order valence-electron chi connectivity index (χ3n) is 4.14. The first-order valence-electron chi connectivity index (χ1n) is 7.64. The van der Waals surface area contributed by atoms with Crippen LogP contribution in [0.3, 0.4) is 0 Å². The highest BCUT2D eigenvalue weighted by Crippen LogP contribution is 2.23.